The molecule has 6 aromatic carbocycles. The molecule has 1 radical (unpaired) electrons. The van der Waals surface area contributed by atoms with Crippen molar-refractivity contribution in [3.8, 4) is 22.3 Å². The molecule has 0 bridgehead atoms. The average Bonchev–Trinajstić information content (AvgIpc) is 3.79. The van der Waals surface area contributed by atoms with E-state index in [1.165, 1.54) is 60.2 Å². The molecule has 0 spiro atoms. The number of allylic oxidation sites excluding steroid dienone is 4. The van der Waals surface area contributed by atoms with Gasteiger partial charge in [0.15, 0.2) is 0 Å². The molecule has 8 rings (SSSR count). The third-order valence-corrected chi connectivity index (χ3v) is 10.9. The van der Waals surface area contributed by atoms with Gasteiger partial charge in [0.05, 0.1) is 0 Å². The third kappa shape index (κ3) is 8.14. The summed E-state index contributed by atoms with van der Waals surface area (Å²) in [5.74, 6) is 0. The first-order valence-electron chi connectivity index (χ1n) is 18.5. The van der Waals surface area contributed by atoms with Gasteiger partial charge in [-0.05, 0) is 96.8 Å². The molecule has 0 amide bonds. The fourth-order valence-corrected chi connectivity index (χ4v) is 8.64. The summed E-state index contributed by atoms with van der Waals surface area (Å²) in [6, 6.07) is 43.2. The van der Waals surface area contributed by atoms with E-state index in [-0.39, 0.29) is 61.8 Å². The maximum absolute atomic E-state index is 6.84. The van der Waals surface area contributed by atoms with Crippen molar-refractivity contribution < 1.29 is 51.0 Å². The summed E-state index contributed by atoms with van der Waals surface area (Å²) in [4.78, 5) is 0. The van der Waals surface area contributed by atoms with Crippen LogP contribution in [-0.2, 0) is 37.0 Å². The molecule has 0 aromatic heterocycles. The first-order valence-corrected chi connectivity index (χ1v) is 19.2. The van der Waals surface area contributed by atoms with Gasteiger partial charge >= 0.3 is 26.2 Å². The van der Waals surface area contributed by atoms with Gasteiger partial charge in [-0.1, -0.05) is 185 Å². The van der Waals surface area contributed by atoms with E-state index in [2.05, 4.69) is 175 Å². The van der Waals surface area contributed by atoms with Gasteiger partial charge in [-0.15, -0.1) is 33.4 Å². The predicted molar refractivity (Wildman–Crippen MR) is 227 cm³/mol. The molecule has 5 heteroatoms. The summed E-state index contributed by atoms with van der Waals surface area (Å²) >= 11 is 13.7. The number of hydrogen-bond acceptors (Lipinski definition) is 0. The van der Waals surface area contributed by atoms with Crippen molar-refractivity contribution in [1.82, 2.24) is 0 Å². The Morgan fingerprint density at radius 3 is 1.70 bits per heavy atom. The molecule has 2 aliphatic carbocycles. The Morgan fingerprint density at radius 2 is 1.20 bits per heavy atom. The molecular weight excluding hydrogens is 846 g/mol. The van der Waals surface area contributed by atoms with E-state index in [1.54, 1.807) is 0 Å². The smallest absolute Gasteiger partial charge is 1.00 e. The topological polar surface area (TPSA) is 0 Å². The molecule has 0 saturated carbocycles. The summed E-state index contributed by atoms with van der Waals surface area (Å²) in [5, 5.41) is 6.12. The fourth-order valence-electron chi connectivity index (χ4n) is 8.26. The van der Waals surface area contributed by atoms with Gasteiger partial charge in [-0.3, -0.25) is 0 Å². The SMILES string of the molecule is CC(C)(C)c1cc2c(cc1-c1ccccc1)=[C-]c1c(C3=CC=CC3)c(-c3ccccc3)c(C(C)(C)C)c(=C(c3cccc(Cl)c3)c3cccc(Cl)c3)c1=2.[Cl-].[Cl-].[Zr+3]. The van der Waals surface area contributed by atoms with Crippen LogP contribution in [-0.4, -0.2) is 0 Å². The summed E-state index contributed by atoms with van der Waals surface area (Å²) in [6.45, 7) is 14.0. The molecule has 0 unspecified atom stereocenters. The Kier molecular flexibility index (Phi) is 13.4. The van der Waals surface area contributed by atoms with Crippen molar-refractivity contribution in [2.45, 2.75) is 58.8 Å². The molecule has 6 aromatic rings. The van der Waals surface area contributed by atoms with E-state index in [1.807, 2.05) is 12.1 Å². The van der Waals surface area contributed by atoms with Gasteiger partial charge in [0.2, 0.25) is 0 Å². The molecular formula is C51H43Cl4Zr. The quantitative estimate of drug-likeness (QED) is 0.167. The normalized spacial score (nSPS) is 12.7. The Labute approximate surface area is 373 Å². The minimum atomic E-state index is -0.279. The van der Waals surface area contributed by atoms with Crippen molar-refractivity contribution in [1.29, 1.82) is 0 Å². The van der Waals surface area contributed by atoms with Crippen LogP contribution < -0.4 is 35.3 Å². The van der Waals surface area contributed by atoms with Crippen molar-refractivity contribution in [3.63, 3.8) is 0 Å². The second-order valence-electron chi connectivity index (χ2n) is 16.3. The van der Waals surface area contributed by atoms with E-state index in [9.17, 15) is 0 Å². The van der Waals surface area contributed by atoms with Crippen LogP contribution in [0.3, 0.4) is 0 Å². The molecule has 56 heavy (non-hydrogen) atoms. The number of benzene rings is 6. The second-order valence-corrected chi connectivity index (χ2v) is 17.1. The van der Waals surface area contributed by atoms with Gasteiger partial charge in [-0.25, -0.2) is 0 Å². The third-order valence-electron chi connectivity index (χ3n) is 10.5. The molecule has 0 fully saturated rings. The molecule has 2 aliphatic rings. The number of rotatable bonds is 5. The Morgan fingerprint density at radius 1 is 0.625 bits per heavy atom. The Balaban J connectivity index is 0.00000200. The van der Waals surface area contributed by atoms with E-state index in [4.69, 9.17) is 23.2 Å². The molecule has 0 heterocycles. The van der Waals surface area contributed by atoms with Crippen LogP contribution in [0.5, 0.6) is 0 Å². The van der Waals surface area contributed by atoms with Crippen molar-refractivity contribution in [3.05, 3.63) is 204 Å². The van der Waals surface area contributed by atoms with E-state index >= 15 is 0 Å². The maximum atomic E-state index is 6.84. The van der Waals surface area contributed by atoms with Crippen molar-refractivity contribution in [2.24, 2.45) is 0 Å². The van der Waals surface area contributed by atoms with Crippen molar-refractivity contribution >= 4 is 40.4 Å². The van der Waals surface area contributed by atoms with E-state index in [0.29, 0.717) is 10.0 Å². The molecule has 0 aliphatic heterocycles. The van der Waals surface area contributed by atoms with Crippen LogP contribution in [0, 0.1) is 10.4 Å². The Hall–Kier alpha value is -3.42. The van der Waals surface area contributed by atoms with Crippen LogP contribution in [0.2, 0.25) is 10.0 Å². The first kappa shape index (κ1) is 43.7. The largest absolute Gasteiger partial charge is 3.00 e. The minimum absolute atomic E-state index is 0. The maximum Gasteiger partial charge on any atom is 3.00 e. The number of hydrogen-bond donors (Lipinski definition) is 0. The standard InChI is InChI=1S/C51H43Cl2.2ClH.Zr/c1-50(2,3)43-31-41-37(29-40(43)32-17-9-7-10-18-32)30-42-45(33-21-13-14-22-33)46(34-19-11-8-12-20-34)49(51(4,5)6)48(47(41)42)44(35-23-15-25-38(52)27-35)36-24-16-26-39(53)28-36;;;/h7-21,23-29,31H,22H2,1-6H3;2*1H;/q-1;;;+3/p-2. The fraction of sp³-hybridized carbons (Fsp3) is 0.176. The summed E-state index contributed by atoms with van der Waals surface area (Å²) in [5.41, 5.74) is 14.0. The number of halogens is 4. The summed E-state index contributed by atoms with van der Waals surface area (Å²) < 4.78 is 0. The first-order chi connectivity index (χ1) is 25.4. The number of fused-ring (bicyclic) bond motifs is 2. The molecule has 279 valence electrons. The van der Waals surface area contributed by atoms with Crippen LogP contribution in [0.4, 0.5) is 0 Å². The minimum Gasteiger partial charge on any atom is -1.00 e. The van der Waals surface area contributed by atoms with Crippen LogP contribution >= 0.6 is 23.2 Å². The van der Waals surface area contributed by atoms with Crippen LogP contribution in [0.25, 0.3) is 39.5 Å². The monoisotopic (exact) mass is 885 g/mol. The van der Waals surface area contributed by atoms with E-state index < -0.39 is 0 Å². The Bertz CT molecular complexity index is 2670. The molecule has 0 saturated heterocycles. The van der Waals surface area contributed by atoms with Gasteiger partial charge in [-0.2, -0.15) is 0 Å². The van der Waals surface area contributed by atoms with Crippen LogP contribution in [0.1, 0.15) is 81.3 Å². The predicted octanol–water partition coefficient (Wildman–Crippen LogP) is 6.82. The summed E-state index contributed by atoms with van der Waals surface area (Å²) in [6.07, 6.45) is 11.7. The average molecular weight is 889 g/mol. The van der Waals surface area contributed by atoms with Gasteiger partial charge in [0.1, 0.15) is 0 Å². The van der Waals surface area contributed by atoms with Gasteiger partial charge in [0.25, 0.3) is 0 Å². The molecule has 0 N–H and O–H groups in total. The van der Waals surface area contributed by atoms with Gasteiger partial charge < -0.3 is 24.8 Å². The van der Waals surface area contributed by atoms with E-state index in [0.717, 1.165) is 33.9 Å². The zero-order valence-corrected chi connectivity index (χ0v) is 38.0. The molecule has 0 atom stereocenters. The second kappa shape index (κ2) is 17.2. The van der Waals surface area contributed by atoms with Crippen molar-refractivity contribution in [2.75, 3.05) is 0 Å². The van der Waals surface area contributed by atoms with Crippen LogP contribution in [0.15, 0.2) is 140 Å². The molecule has 0 nitrogen and oxygen atoms in total. The zero-order chi connectivity index (χ0) is 37.1. The zero-order valence-electron chi connectivity index (χ0n) is 32.5. The van der Waals surface area contributed by atoms with Gasteiger partial charge in [0, 0.05) is 10.0 Å². The summed E-state index contributed by atoms with van der Waals surface area (Å²) in [7, 11) is 0.